The van der Waals surface area contributed by atoms with Crippen molar-refractivity contribution >= 4 is 16.9 Å². The molecule has 2 aliphatic rings. The van der Waals surface area contributed by atoms with E-state index in [4.69, 9.17) is 24.7 Å². The highest BCUT2D eigenvalue weighted by molar-refractivity contribution is 5.93. The van der Waals surface area contributed by atoms with Crippen LogP contribution in [-0.4, -0.2) is 61.8 Å². The summed E-state index contributed by atoms with van der Waals surface area (Å²) in [6.45, 7) is 5.61. The van der Waals surface area contributed by atoms with E-state index in [2.05, 4.69) is 33.4 Å². The molecule has 0 radical (unpaired) electrons. The number of aryl methyl sites for hydroxylation is 1. The minimum absolute atomic E-state index is 0.590. The maximum atomic E-state index is 5.53. The average molecular weight is 431 g/mol. The van der Waals surface area contributed by atoms with Crippen LogP contribution in [0.2, 0.25) is 0 Å². The van der Waals surface area contributed by atoms with E-state index in [0.717, 1.165) is 47.6 Å². The minimum Gasteiger partial charge on any atom is -0.378 e. The maximum Gasteiger partial charge on any atom is 0.240 e. The lowest BCUT2D eigenvalue weighted by Crippen LogP contribution is -2.37. The Kier molecular flexibility index (Phi) is 4.84. The molecule has 0 spiro atoms. The number of fused-ring (bicyclic) bond motifs is 1. The topological polar surface area (TPSA) is 96.8 Å². The molecule has 1 aliphatic carbocycles. The van der Waals surface area contributed by atoms with Crippen LogP contribution in [0.5, 0.6) is 0 Å². The van der Waals surface area contributed by atoms with Crippen LogP contribution in [0.4, 0.5) is 5.95 Å². The van der Waals surface area contributed by atoms with Gasteiger partial charge in [-0.1, -0.05) is 12.1 Å². The quantitative estimate of drug-likeness (QED) is 0.485. The van der Waals surface area contributed by atoms with E-state index in [0.29, 0.717) is 37.0 Å². The Labute approximate surface area is 185 Å². The second-order valence-electron chi connectivity index (χ2n) is 8.41. The van der Waals surface area contributed by atoms with Crippen molar-refractivity contribution in [3.8, 4) is 17.3 Å². The molecule has 1 aliphatic heterocycles. The third kappa shape index (κ3) is 3.74. The molecule has 0 amide bonds. The highest BCUT2D eigenvalue weighted by atomic mass is 16.5. The van der Waals surface area contributed by atoms with E-state index < -0.39 is 0 Å². The van der Waals surface area contributed by atoms with Crippen LogP contribution < -0.4 is 10.2 Å². The van der Waals surface area contributed by atoms with Crippen LogP contribution in [-0.2, 0) is 11.3 Å². The number of ether oxygens (including phenoxy) is 1. The molecule has 164 valence electrons. The third-order valence-electron chi connectivity index (χ3n) is 6.04. The number of nitrogens with one attached hydrogen (secondary N) is 2. The first-order valence-electron chi connectivity index (χ1n) is 11.2. The maximum absolute atomic E-state index is 5.53. The summed E-state index contributed by atoms with van der Waals surface area (Å²) in [5.74, 6) is 2.79. The lowest BCUT2D eigenvalue weighted by atomic mass is 10.1. The smallest absolute Gasteiger partial charge is 0.240 e. The van der Waals surface area contributed by atoms with Crippen LogP contribution in [0.1, 0.15) is 24.4 Å². The van der Waals surface area contributed by atoms with Crippen molar-refractivity contribution in [3.63, 3.8) is 0 Å². The molecule has 0 bridgehead atoms. The predicted octanol–water partition coefficient (Wildman–Crippen LogP) is 2.60. The number of hydrogen-bond donors (Lipinski definition) is 2. The molecule has 0 atom stereocenters. The van der Waals surface area contributed by atoms with Crippen molar-refractivity contribution in [2.45, 2.75) is 32.4 Å². The van der Waals surface area contributed by atoms with Crippen molar-refractivity contribution in [1.29, 1.82) is 0 Å². The highest BCUT2D eigenvalue weighted by Gasteiger charge is 2.22. The summed E-state index contributed by atoms with van der Waals surface area (Å²) in [5.41, 5.74) is 3.04. The van der Waals surface area contributed by atoms with Crippen molar-refractivity contribution in [1.82, 2.24) is 34.8 Å². The van der Waals surface area contributed by atoms with E-state index in [-0.39, 0.29) is 0 Å². The molecular weight excluding hydrogens is 404 g/mol. The van der Waals surface area contributed by atoms with Gasteiger partial charge in [-0.3, -0.25) is 4.57 Å². The molecule has 1 aromatic carbocycles. The molecule has 32 heavy (non-hydrogen) atoms. The highest BCUT2D eigenvalue weighted by Crippen LogP contribution is 2.28. The Balaban J connectivity index is 1.44. The Bertz CT molecular complexity index is 1250. The molecule has 4 heterocycles. The first-order chi connectivity index (χ1) is 15.7. The summed E-state index contributed by atoms with van der Waals surface area (Å²) >= 11 is 0. The summed E-state index contributed by atoms with van der Waals surface area (Å²) < 4.78 is 7.50. The number of aromatic amines is 1. The van der Waals surface area contributed by atoms with E-state index in [1.165, 1.54) is 12.8 Å². The van der Waals surface area contributed by atoms with Crippen molar-refractivity contribution in [2.24, 2.45) is 0 Å². The van der Waals surface area contributed by atoms with Gasteiger partial charge in [-0.15, -0.1) is 0 Å². The Morgan fingerprint density at radius 2 is 1.91 bits per heavy atom. The zero-order valence-corrected chi connectivity index (χ0v) is 18.1. The minimum atomic E-state index is 0.590. The molecule has 6 rings (SSSR count). The summed E-state index contributed by atoms with van der Waals surface area (Å²) in [6.07, 6.45) is 6.48. The first kappa shape index (κ1) is 19.4. The normalized spacial score (nSPS) is 16.7. The van der Waals surface area contributed by atoms with Crippen molar-refractivity contribution in [2.75, 3.05) is 31.2 Å². The molecule has 3 aromatic heterocycles. The van der Waals surface area contributed by atoms with E-state index in [1.54, 1.807) is 0 Å². The van der Waals surface area contributed by atoms with Crippen LogP contribution in [0, 0.1) is 6.92 Å². The van der Waals surface area contributed by atoms with Gasteiger partial charge in [0.1, 0.15) is 5.82 Å². The van der Waals surface area contributed by atoms with Gasteiger partial charge in [0.25, 0.3) is 0 Å². The SMILES string of the molecule is Cc1nc(CNC2CC2)cn1-c1nc(-c2cccc3[nH]ccc23)nc(N2CCOCC2)n1. The number of nitrogens with zero attached hydrogens (tertiary/aromatic N) is 6. The fourth-order valence-corrected chi connectivity index (χ4v) is 4.12. The lowest BCUT2D eigenvalue weighted by molar-refractivity contribution is 0.122. The van der Waals surface area contributed by atoms with Gasteiger partial charge >= 0.3 is 0 Å². The molecule has 2 fully saturated rings. The largest absolute Gasteiger partial charge is 0.378 e. The van der Waals surface area contributed by atoms with E-state index in [1.807, 2.05) is 30.0 Å². The van der Waals surface area contributed by atoms with Crippen LogP contribution in [0.15, 0.2) is 36.7 Å². The second-order valence-corrected chi connectivity index (χ2v) is 8.41. The van der Waals surface area contributed by atoms with E-state index in [9.17, 15) is 0 Å². The Morgan fingerprint density at radius 1 is 1.06 bits per heavy atom. The number of hydrogen-bond acceptors (Lipinski definition) is 7. The van der Waals surface area contributed by atoms with Gasteiger partial charge in [-0.2, -0.15) is 15.0 Å². The number of benzene rings is 1. The summed E-state index contributed by atoms with van der Waals surface area (Å²) in [6, 6.07) is 8.84. The standard InChI is InChI=1S/C23H26N8O/c1-15-26-17(13-25-16-5-6-16)14-31(15)23-28-21(19-3-2-4-20-18(19)7-8-24-20)27-22(29-23)30-9-11-32-12-10-30/h2-4,7-8,14,16,24-25H,5-6,9-13H2,1H3. The van der Waals surface area contributed by atoms with Gasteiger partial charge in [0, 0.05) is 54.5 Å². The molecule has 1 saturated heterocycles. The summed E-state index contributed by atoms with van der Waals surface area (Å²) in [5, 5.41) is 4.62. The predicted molar refractivity (Wildman–Crippen MR) is 122 cm³/mol. The number of H-pyrrole nitrogens is 1. The molecule has 9 nitrogen and oxygen atoms in total. The number of rotatable bonds is 6. The van der Waals surface area contributed by atoms with Gasteiger partial charge in [-0.25, -0.2) is 4.98 Å². The number of aromatic nitrogens is 6. The van der Waals surface area contributed by atoms with Crippen LogP contribution in [0.25, 0.3) is 28.2 Å². The first-order valence-corrected chi connectivity index (χ1v) is 11.2. The van der Waals surface area contributed by atoms with Gasteiger partial charge < -0.3 is 19.9 Å². The van der Waals surface area contributed by atoms with Crippen molar-refractivity contribution in [3.05, 3.63) is 48.2 Å². The molecule has 1 saturated carbocycles. The molecule has 2 N–H and O–H groups in total. The summed E-state index contributed by atoms with van der Waals surface area (Å²) in [4.78, 5) is 24.8. The zero-order valence-electron chi connectivity index (χ0n) is 18.1. The number of anilines is 1. The third-order valence-corrected chi connectivity index (χ3v) is 6.04. The molecule has 9 heteroatoms. The Hall–Kier alpha value is -3.30. The van der Waals surface area contributed by atoms with E-state index >= 15 is 0 Å². The average Bonchev–Trinajstić information content (AvgIpc) is 3.40. The summed E-state index contributed by atoms with van der Waals surface area (Å²) in [7, 11) is 0. The van der Waals surface area contributed by atoms with Crippen LogP contribution in [0.3, 0.4) is 0 Å². The van der Waals surface area contributed by atoms with Gasteiger partial charge in [0.2, 0.25) is 11.9 Å². The van der Waals surface area contributed by atoms with Gasteiger partial charge in [0.15, 0.2) is 5.82 Å². The lowest BCUT2D eigenvalue weighted by Gasteiger charge is -2.27. The fraction of sp³-hybridized carbons (Fsp3) is 0.391. The number of imidazole rings is 1. The van der Waals surface area contributed by atoms with Crippen LogP contribution >= 0.6 is 0 Å². The molecular formula is C23H26N8O. The second kappa shape index (κ2) is 7.99. The van der Waals surface area contributed by atoms with Gasteiger partial charge in [-0.05, 0) is 31.9 Å². The zero-order chi connectivity index (χ0) is 21.5. The Morgan fingerprint density at radius 3 is 2.75 bits per heavy atom. The van der Waals surface area contributed by atoms with Gasteiger partial charge in [0.05, 0.1) is 18.9 Å². The fourth-order valence-electron chi connectivity index (χ4n) is 4.12. The molecule has 0 unspecified atom stereocenters. The monoisotopic (exact) mass is 430 g/mol. The molecule has 4 aromatic rings. The van der Waals surface area contributed by atoms with Crippen molar-refractivity contribution < 1.29 is 4.74 Å². The number of morpholine rings is 1.